The average molecular weight is 396 g/mol. The van der Waals surface area contributed by atoms with Gasteiger partial charge in [-0.1, -0.05) is 6.08 Å². The molecule has 1 amide bonds. The van der Waals surface area contributed by atoms with Crippen molar-refractivity contribution in [2.75, 3.05) is 23.9 Å². The van der Waals surface area contributed by atoms with Crippen LogP contribution in [0.1, 0.15) is 29.3 Å². The molecule has 3 aromatic rings. The lowest BCUT2D eigenvalue weighted by Gasteiger charge is -2.22. The lowest BCUT2D eigenvalue weighted by Crippen LogP contribution is -2.20. The lowest BCUT2D eigenvalue weighted by molar-refractivity contribution is -0.114. The summed E-state index contributed by atoms with van der Waals surface area (Å²) in [6.07, 6.45) is 6.01. The molecule has 10 heteroatoms. The minimum Gasteiger partial charge on any atom is -0.481 e. The minimum absolute atomic E-state index is 0.144. The standard InChI is InChI=1S/C19H17FN6O3/c1-11(28)22-17-14(10-27)18-23-16(5-7-26(18)24-17)25-6-3-4-15(25)13-8-12(20)9-21-19(13)29-2/h4-5,7-10H,3,6H2,1-2H3,(H,22,24,28). The molecule has 1 N–H and O–H groups in total. The van der Waals surface area contributed by atoms with Gasteiger partial charge in [-0.15, -0.1) is 5.10 Å². The normalized spacial score (nSPS) is 13.5. The first kappa shape index (κ1) is 18.5. The highest BCUT2D eigenvalue weighted by atomic mass is 19.1. The SMILES string of the molecule is COc1ncc(F)cc1C1=CCCN1c1ccn2nc(NC(C)=O)c(C=O)c2n1. The fourth-order valence-electron chi connectivity index (χ4n) is 3.28. The highest BCUT2D eigenvalue weighted by Gasteiger charge is 2.25. The van der Waals surface area contributed by atoms with Crippen molar-refractivity contribution < 1.29 is 18.7 Å². The van der Waals surface area contributed by atoms with E-state index in [1.54, 1.807) is 12.3 Å². The number of anilines is 2. The van der Waals surface area contributed by atoms with E-state index in [1.165, 1.54) is 24.6 Å². The van der Waals surface area contributed by atoms with E-state index in [-0.39, 0.29) is 17.3 Å². The average Bonchev–Trinajstić information content (AvgIpc) is 3.31. The molecule has 9 nitrogen and oxygen atoms in total. The monoisotopic (exact) mass is 396 g/mol. The second-order valence-corrected chi connectivity index (χ2v) is 6.36. The number of carbonyl (C=O) groups excluding carboxylic acids is 2. The number of halogens is 1. The Bertz CT molecular complexity index is 1160. The number of amides is 1. The number of aromatic nitrogens is 4. The summed E-state index contributed by atoms with van der Waals surface area (Å²) >= 11 is 0. The summed E-state index contributed by atoms with van der Waals surface area (Å²) in [6.45, 7) is 1.94. The van der Waals surface area contributed by atoms with Crippen molar-refractivity contribution in [1.29, 1.82) is 0 Å². The van der Waals surface area contributed by atoms with E-state index in [2.05, 4.69) is 20.4 Å². The molecule has 0 fully saturated rings. The number of nitrogens with one attached hydrogen (secondary N) is 1. The highest BCUT2D eigenvalue weighted by molar-refractivity contribution is 5.98. The fraction of sp³-hybridized carbons (Fsp3) is 0.211. The number of hydrogen-bond acceptors (Lipinski definition) is 7. The number of fused-ring (bicyclic) bond motifs is 1. The number of rotatable bonds is 5. The van der Waals surface area contributed by atoms with Gasteiger partial charge in [0.25, 0.3) is 0 Å². The van der Waals surface area contributed by atoms with E-state index >= 15 is 0 Å². The molecule has 0 unspecified atom stereocenters. The number of ether oxygens (including phenoxy) is 1. The van der Waals surface area contributed by atoms with Crippen LogP contribution in [0.15, 0.2) is 30.6 Å². The first-order valence-electron chi connectivity index (χ1n) is 8.81. The summed E-state index contributed by atoms with van der Waals surface area (Å²) in [4.78, 5) is 33.4. The van der Waals surface area contributed by atoms with Crippen molar-refractivity contribution in [2.45, 2.75) is 13.3 Å². The van der Waals surface area contributed by atoms with Gasteiger partial charge in [0.1, 0.15) is 17.2 Å². The molecule has 0 aromatic carbocycles. The van der Waals surface area contributed by atoms with Crippen LogP contribution in [0.4, 0.5) is 16.0 Å². The van der Waals surface area contributed by atoms with Crippen molar-refractivity contribution in [3.8, 4) is 5.88 Å². The van der Waals surface area contributed by atoms with E-state index in [0.29, 0.717) is 41.4 Å². The summed E-state index contributed by atoms with van der Waals surface area (Å²) in [6, 6.07) is 3.09. The molecule has 4 heterocycles. The topological polar surface area (TPSA) is 102 Å². The number of carbonyl (C=O) groups is 2. The maximum atomic E-state index is 13.8. The summed E-state index contributed by atoms with van der Waals surface area (Å²) in [5.74, 6) is 0.176. The molecule has 4 rings (SSSR count). The van der Waals surface area contributed by atoms with Crippen LogP contribution in [0.5, 0.6) is 5.88 Å². The quantitative estimate of drug-likeness (QED) is 0.660. The Balaban J connectivity index is 1.78. The Kier molecular flexibility index (Phi) is 4.67. The Morgan fingerprint density at radius 1 is 1.41 bits per heavy atom. The smallest absolute Gasteiger partial charge is 0.222 e. The lowest BCUT2D eigenvalue weighted by atomic mass is 10.2. The van der Waals surface area contributed by atoms with Crippen LogP contribution in [-0.2, 0) is 4.79 Å². The summed E-state index contributed by atoms with van der Waals surface area (Å²) in [5, 5.41) is 6.71. The van der Waals surface area contributed by atoms with Gasteiger partial charge < -0.3 is 15.0 Å². The molecule has 0 saturated heterocycles. The van der Waals surface area contributed by atoms with E-state index in [4.69, 9.17) is 4.74 Å². The van der Waals surface area contributed by atoms with Crippen molar-refractivity contribution in [2.24, 2.45) is 0 Å². The van der Waals surface area contributed by atoms with Crippen LogP contribution in [-0.4, -0.2) is 45.4 Å². The molecule has 0 saturated carbocycles. The van der Waals surface area contributed by atoms with Crippen LogP contribution in [0, 0.1) is 5.82 Å². The predicted octanol–water partition coefficient (Wildman–Crippen LogP) is 2.29. The molecule has 0 spiro atoms. The second-order valence-electron chi connectivity index (χ2n) is 6.36. The molecule has 0 radical (unpaired) electrons. The first-order chi connectivity index (χ1) is 14.0. The second kappa shape index (κ2) is 7.30. The number of pyridine rings is 1. The first-order valence-corrected chi connectivity index (χ1v) is 8.81. The molecule has 29 heavy (non-hydrogen) atoms. The minimum atomic E-state index is -0.476. The molecule has 1 aliphatic heterocycles. The van der Waals surface area contributed by atoms with E-state index < -0.39 is 5.82 Å². The predicted molar refractivity (Wildman–Crippen MR) is 103 cm³/mol. The maximum absolute atomic E-state index is 13.8. The largest absolute Gasteiger partial charge is 0.481 e. The molecule has 0 atom stereocenters. The van der Waals surface area contributed by atoms with Crippen LogP contribution in [0.2, 0.25) is 0 Å². The van der Waals surface area contributed by atoms with Gasteiger partial charge in [-0.25, -0.2) is 18.9 Å². The maximum Gasteiger partial charge on any atom is 0.222 e. The zero-order valence-electron chi connectivity index (χ0n) is 15.7. The number of aldehydes is 1. The van der Waals surface area contributed by atoms with E-state index in [1.807, 2.05) is 11.0 Å². The van der Waals surface area contributed by atoms with Gasteiger partial charge >= 0.3 is 0 Å². The highest BCUT2D eigenvalue weighted by Crippen LogP contribution is 2.34. The van der Waals surface area contributed by atoms with Gasteiger partial charge in [-0.05, 0) is 18.6 Å². The summed E-state index contributed by atoms with van der Waals surface area (Å²) < 4.78 is 20.5. The van der Waals surface area contributed by atoms with Crippen LogP contribution >= 0.6 is 0 Å². The van der Waals surface area contributed by atoms with E-state index in [9.17, 15) is 14.0 Å². The summed E-state index contributed by atoms with van der Waals surface area (Å²) in [7, 11) is 1.47. The van der Waals surface area contributed by atoms with Gasteiger partial charge in [0.2, 0.25) is 11.8 Å². The number of methoxy groups -OCH3 is 1. The Labute approximate surface area is 164 Å². The van der Waals surface area contributed by atoms with Gasteiger partial charge in [0.05, 0.1) is 24.6 Å². The van der Waals surface area contributed by atoms with Gasteiger partial charge in [-0.3, -0.25) is 9.59 Å². The zero-order valence-corrected chi connectivity index (χ0v) is 15.7. The van der Waals surface area contributed by atoms with Crippen LogP contribution in [0.25, 0.3) is 11.3 Å². The van der Waals surface area contributed by atoms with E-state index in [0.717, 1.165) is 12.6 Å². The molecular weight excluding hydrogens is 379 g/mol. The Hall–Kier alpha value is -3.82. The van der Waals surface area contributed by atoms with Crippen LogP contribution in [0.3, 0.4) is 0 Å². The van der Waals surface area contributed by atoms with Crippen molar-refractivity contribution in [3.05, 3.63) is 47.5 Å². The van der Waals surface area contributed by atoms with Crippen LogP contribution < -0.4 is 15.0 Å². The third-order valence-corrected chi connectivity index (χ3v) is 4.46. The Morgan fingerprint density at radius 3 is 2.97 bits per heavy atom. The third-order valence-electron chi connectivity index (χ3n) is 4.46. The van der Waals surface area contributed by atoms with Gasteiger partial charge in [0.15, 0.2) is 17.8 Å². The van der Waals surface area contributed by atoms with Crippen molar-refractivity contribution in [1.82, 2.24) is 19.6 Å². The third kappa shape index (κ3) is 3.28. The Morgan fingerprint density at radius 2 is 2.24 bits per heavy atom. The number of nitrogens with zero attached hydrogens (tertiary/aromatic N) is 5. The summed E-state index contributed by atoms with van der Waals surface area (Å²) in [5.41, 5.74) is 1.70. The van der Waals surface area contributed by atoms with Crippen molar-refractivity contribution >= 4 is 35.2 Å². The fourth-order valence-corrected chi connectivity index (χ4v) is 3.28. The molecule has 0 bridgehead atoms. The number of hydrogen-bond donors (Lipinski definition) is 1. The molecule has 1 aliphatic rings. The van der Waals surface area contributed by atoms with Gasteiger partial charge in [0, 0.05) is 19.7 Å². The van der Waals surface area contributed by atoms with Crippen molar-refractivity contribution in [3.63, 3.8) is 0 Å². The molecular formula is C19H17FN6O3. The molecule has 0 aliphatic carbocycles. The zero-order chi connectivity index (χ0) is 20.5. The van der Waals surface area contributed by atoms with Gasteiger partial charge in [-0.2, -0.15) is 0 Å². The molecule has 3 aromatic heterocycles. The molecule has 148 valence electrons.